The van der Waals surface area contributed by atoms with Crippen molar-refractivity contribution in [2.75, 3.05) is 12.8 Å². The summed E-state index contributed by atoms with van der Waals surface area (Å²) in [6.07, 6.45) is 5.11. The van der Waals surface area contributed by atoms with Gasteiger partial charge in [0.2, 0.25) is 0 Å². The number of nitrogen functional groups attached to an aromatic ring is 1. The quantitative estimate of drug-likeness (QED) is 0.818. The Morgan fingerprint density at radius 1 is 1.06 bits per heavy atom. The third-order valence-corrected chi connectivity index (χ3v) is 3.40. The molecule has 3 nitrogen and oxygen atoms in total. The normalized spacial score (nSPS) is 24.4. The average Bonchev–Trinajstić information content (AvgIpc) is 2.31. The van der Waals surface area contributed by atoms with E-state index in [4.69, 9.17) is 15.2 Å². The molecule has 0 aromatic heterocycles. The lowest BCUT2D eigenvalue weighted by Gasteiger charge is -2.27. The Morgan fingerprint density at radius 2 is 1.71 bits per heavy atom. The van der Waals surface area contributed by atoms with Crippen molar-refractivity contribution in [3.05, 3.63) is 18.2 Å². The Bertz CT molecular complexity index is 370. The van der Waals surface area contributed by atoms with Gasteiger partial charge in [-0.25, -0.2) is 0 Å². The molecule has 0 unspecified atom stereocenters. The summed E-state index contributed by atoms with van der Waals surface area (Å²) in [6, 6.07) is 5.56. The van der Waals surface area contributed by atoms with Crippen LogP contribution in [0.3, 0.4) is 0 Å². The van der Waals surface area contributed by atoms with Crippen molar-refractivity contribution in [1.82, 2.24) is 0 Å². The number of nitrogens with two attached hydrogens (primary N) is 1. The van der Waals surface area contributed by atoms with Crippen LogP contribution in [-0.4, -0.2) is 13.2 Å². The summed E-state index contributed by atoms with van der Waals surface area (Å²) in [7, 11) is 1.64. The number of rotatable bonds is 3. The lowest BCUT2D eigenvalue weighted by atomic mass is 9.89. The number of hydrogen-bond acceptors (Lipinski definition) is 3. The predicted octanol–water partition coefficient (Wildman–Crippen LogP) is 3.23. The first-order valence-electron chi connectivity index (χ1n) is 6.28. The molecule has 0 heterocycles. The number of anilines is 1. The molecule has 1 aromatic rings. The standard InChI is InChI=1S/C14H21NO2/c1-10-3-5-12(6-4-10)17-14-8-11(15)7-13(9-14)16-2/h7-10,12H,3-6,15H2,1-2H3. The van der Waals surface area contributed by atoms with Crippen LogP contribution in [0.1, 0.15) is 32.6 Å². The van der Waals surface area contributed by atoms with E-state index in [1.165, 1.54) is 12.8 Å². The second-order valence-electron chi connectivity index (χ2n) is 4.94. The lowest BCUT2D eigenvalue weighted by molar-refractivity contribution is 0.135. The zero-order valence-electron chi connectivity index (χ0n) is 10.6. The summed E-state index contributed by atoms with van der Waals surface area (Å²) >= 11 is 0. The molecular weight excluding hydrogens is 214 g/mol. The van der Waals surface area contributed by atoms with Gasteiger partial charge in [0.05, 0.1) is 13.2 Å². The number of ether oxygens (including phenoxy) is 2. The highest BCUT2D eigenvalue weighted by atomic mass is 16.5. The summed E-state index contributed by atoms with van der Waals surface area (Å²) in [6.45, 7) is 2.31. The molecule has 17 heavy (non-hydrogen) atoms. The van der Waals surface area contributed by atoms with Gasteiger partial charge in [-0.3, -0.25) is 0 Å². The first kappa shape index (κ1) is 12.1. The molecule has 94 valence electrons. The van der Waals surface area contributed by atoms with Crippen LogP contribution in [0.25, 0.3) is 0 Å². The maximum Gasteiger partial charge on any atom is 0.125 e. The second-order valence-corrected chi connectivity index (χ2v) is 4.94. The van der Waals surface area contributed by atoms with E-state index in [9.17, 15) is 0 Å². The lowest BCUT2D eigenvalue weighted by Crippen LogP contribution is -2.23. The highest BCUT2D eigenvalue weighted by molar-refractivity contribution is 5.50. The number of hydrogen-bond donors (Lipinski definition) is 1. The van der Waals surface area contributed by atoms with Gasteiger partial charge in [-0.15, -0.1) is 0 Å². The molecule has 0 bridgehead atoms. The van der Waals surface area contributed by atoms with Gasteiger partial charge in [-0.05, 0) is 31.6 Å². The molecule has 1 aliphatic rings. The summed E-state index contributed by atoms with van der Waals surface area (Å²) in [5.41, 5.74) is 6.49. The number of methoxy groups -OCH3 is 1. The fraction of sp³-hybridized carbons (Fsp3) is 0.571. The van der Waals surface area contributed by atoms with Crippen LogP contribution in [-0.2, 0) is 0 Å². The molecule has 1 fully saturated rings. The molecule has 0 radical (unpaired) electrons. The Morgan fingerprint density at radius 3 is 2.35 bits per heavy atom. The van der Waals surface area contributed by atoms with Gasteiger partial charge in [0.1, 0.15) is 11.5 Å². The van der Waals surface area contributed by atoms with Crippen molar-refractivity contribution in [2.24, 2.45) is 5.92 Å². The number of benzene rings is 1. The fourth-order valence-electron chi connectivity index (χ4n) is 2.32. The minimum atomic E-state index is 0.331. The van der Waals surface area contributed by atoms with E-state index in [-0.39, 0.29) is 0 Å². The first-order chi connectivity index (χ1) is 8.17. The monoisotopic (exact) mass is 235 g/mol. The van der Waals surface area contributed by atoms with Gasteiger partial charge in [0, 0.05) is 23.9 Å². The van der Waals surface area contributed by atoms with Gasteiger partial charge in [0.25, 0.3) is 0 Å². The van der Waals surface area contributed by atoms with Crippen LogP contribution >= 0.6 is 0 Å². The molecule has 0 atom stereocenters. The van der Waals surface area contributed by atoms with E-state index >= 15 is 0 Å². The van der Waals surface area contributed by atoms with Crippen molar-refractivity contribution >= 4 is 5.69 Å². The molecule has 3 heteroatoms. The summed E-state index contributed by atoms with van der Waals surface area (Å²) in [5.74, 6) is 2.41. The van der Waals surface area contributed by atoms with E-state index in [1.807, 2.05) is 12.1 Å². The van der Waals surface area contributed by atoms with Gasteiger partial charge in [-0.1, -0.05) is 6.92 Å². The zero-order valence-corrected chi connectivity index (χ0v) is 10.6. The summed E-state index contributed by atoms with van der Waals surface area (Å²) in [4.78, 5) is 0. The van der Waals surface area contributed by atoms with Crippen molar-refractivity contribution < 1.29 is 9.47 Å². The molecule has 1 saturated carbocycles. The highest BCUT2D eigenvalue weighted by Crippen LogP contribution is 2.30. The molecule has 0 amide bonds. The van der Waals surface area contributed by atoms with Gasteiger partial charge in [0.15, 0.2) is 0 Å². The van der Waals surface area contributed by atoms with Crippen LogP contribution in [0.4, 0.5) is 5.69 Å². The third-order valence-electron chi connectivity index (χ3n) is 3.40. The van der Waals surface area contributed by atoms with Crippen LogP contribution in [0, 0.1) is 5.92 Å². The smallest absolute Gasteiger partial charge is 0.125 e. The third kappa shape index (κ3) is 3.29. The zero-order chi connectivity index (χ0) is 12.3. The topological polar surface area (TPSA) is 44.5 Å². The van der Waals surface area contributed by atoms with Crippen molar-refractivity contribution in [3.8, 4) is 11.5 Å². The van der Waals surface area contributed by atoms with Gasteiger partial charge in [-0.2, -0.15) is 0 Å². The largest absolute Gasteiger partial charge is 0.497 e. The van der Waals surface area contributed by atoms with E-state index in [1.54, 1.807) is 13.2 Å². The Hall–Kier alpha value is -1.38. The maximum atomic E-state index is 5.97. The van der Waals surface area contributed by atoms with Gasteiger partial charge >= 0.3 is 0 Å². The Labute approximate surface area is 103 Å². The van der Waals surface area contributed by atoms with Crippen molar-refractivity contribution in [3.63, 3.8) is 0 Å². The summed E-state index contributed by atoms with van der Waals surface area (Å²) in [5, 5.41) is 0. The van der Waals surface area contributed by atoms with E-state index in [0.717, 1.165) is 30.3 Å². The molecule has 0 saturated heterocycles. The highest BCUT2D eigenvalue weighted by Gasteiger charge is 2.19. The molecule has 1 aliphatic carbocycles. The summed E-state index contributed by atoms with van der Waals surface area (Å²) < 4.78 is 11.1. The van der Waals surface area contributed by atoms with Crippen LogP contribution in [0.2, 0.25) is 0 Å². The van der Waals surface area contributed by atoms with Crippen LogP contribution in [0.15, 0.2) is 18.2 Å². The fourth-order valence-corrected chi connectivity index (χ4v) is 2.32. The second kappa shape index (κ2) is 5.30. The Balaban J connectivity index is 2.00. The maximum absolute atomic E-state index is 5.97. The minimum absolute atomic E-state index is 0.331. The van der Waals surface area contributed by atoms with E-state index < -0.39 is 0 Å². The molecular formula is C14H21NO2. The van der Waals surface area contributed by atoms with Crippen LogP contribution in [0.5, 0.6) is 11.5 Å². The van der Waals surface area contributed by atoms with E-state index in [2.05, 4.69) is 6.92 Å². The first-order valence-corrected chi connectivity index (χ1v) is 6.28. The molecule has 2 rings (SSSR count). The van der Waals surface area contributed by atoms with Crippen LogP contribution < -0.4 is 15.2 Å². The van der Waals surface area contributed by atoms with Crippen molar-refractivity contribution in [1.29, 1.82) is 0 Å². The van der Waals surface area contributed by atoms with E-state index in [0.29, 0.717) is 11.8 Å². The molecule has 0 aliphatic heterocycles. The average molecular weight is 235 g/mol. The SMILES string of the molecule is COc1cc(N)cc(OC2CCC(C)CC2)c1. The molecule has 2 N–H and O–H groups in total. The predicted molar refractivity (Wildman–Crippen MR) is 69.5 cm³/mol. The molecule has 1 aromatic carbocycles. The van der Waals surface area contributed by atoms with Gasteiger partial charge < -0.3 is 15.2 Å². The van der Waals surface area contributed by atoms with Crippen molar-refractivity contribution in [2.45, 2.75) is 38.7 Å². The molecule has 0 spiro atoms. The minimum Gasteiger partial charge on any atom is -0.497 e. The Kier molecular flexibility index (Phi) is 3.77.